The van der Waals surface area contributed by atoms with E-state index >= 15 is 0 Å². The summed E-state index contributed by atoms with van der Waals surface area (Å²) in [7, 11) is 0. The van der Waals surface area contributed by atoms with Crippen LogP contribution in [0.3, 0.4) is 0 Å². The molecule has 1 aromatic heterocycles. The fourth-order valence-electron chi connectivity index (χ4n) is 4.24. The van der Waals surface area contributed by atoms with Crippen molar-refractivity contribution in [2.45, 2.75) is 52.9 Å². The Labute approximate surface area is 205 Å². The Kier molecular flexibility index (Phi) is 7.51. The summed E-state index contributed by atoms with van der Waals surface area (Å²) in [5, 5.41) is 6.84. The number of para-hydroxylation sites is 1. The van der Waals surface area contributed by atoms with Crippen LogP contribution in [-0.4, -0.2) is 47.2 Å². The average Bonchev–Trinajstić information content (AvgIpc) is 3.15. The Bertz CT molecular complexity index is 1160. The van der Waals surface area contributed by atoms with E-state index in [-0.39, 0.29) is 30.4 Å². The number of amides is 2. The van der Waals surface area contributed by atoms with E-state index in [1.807, 2.05) is 58.0 Å². The molecule has 0 spiro atoms. The minimum Gasteiger partial charge on any atom is -0.489 e. The monoisotopic (exact) mass is 477 g/mol. The van der Waals surface area contributed by atoms with E-state index in [1.54, 1.807) is 23.1 Å². The van der Waals surface area contributed by atoms with Crippen molar-refractivity contribution in [3.05, 3.63) is 76.7 Å². The average molecular weight is 478 g/mol. The largest absolute Gasteiger partial charge is 0.489 e. The molecule has 3 aromatic rings. The topological polar surface area (TPSA) is 93.9 Å². The van der Waals surface area contributed by atoms with Gasteiger partial charge in [0, 0.05) is 13.1 Å². The normalized spacial score (nSPS) is 17.8. The molecule has 1 fully saturated rings. The minimum atomic E-state index is -0.196. The minimum absolute atomic E-state index is 0.0270. The van der Waals surface area contributed by atoms with Crippen LogP contribution in [0, 0.1) is 13.8 Å². The van der Waals surface area contributed by atoms with Gasteiger partial charge in [0.15, 0.2) is 0 Å². The second kappa shape index (κ2) is 10.7. The van der Waals surface area contributed by atoms with Crippen LogP contribution < -0.4 is 10.1 Å². The highest BCUT2D eigenvalue weighted by molar-refractivity contribution is 6.04. The fraction of sp³-hybridized carbons (Fsp3) is 0.370. The number of ether oxygens (including phenoxy) is 2. The zero-order valence-corrected chi connectivity index (χ0v) is 20.5. The highest BCUT2D eigenvalue weighted by Crippen LogP contribution is 2.22. The van der Waals surface area contributed by atoms with Crippen molar-refractivity contribution in [3.63, 3.8) is 0 Å². The highest BCUT2D eigenvalue weighted by atomic mass is 16.5. The Morgan fingerprint density at radius 3 is 2.40 bits per heavy atom. The van der Waals surface area contributed by atoms with Gasteiger partial charge in [-0.2, -0.15) is 0 Å². The summed E-state index contributed by atoms with van der Waals surface area (Å²) in [5.41, 5.74) is 3.57. The van der Waals surface area contributed by atoms with Gasteiger partial charge in [-0.05, 0) is 57.5 Å². The Morgan fingerprint density at radius 2 is 1.74 bits per heavy atom. The second-order valence-electron chi connectivity index (χ2n) is 8.97. The molecule has 2 amide bonds. The smallest absolute Gasteiger partial charge is 0.256 e. The number of benzene rings is 2. The number of nitrogens with one attached hydrogen (secondary N) is 1. The van der Waals surface area contributed by atoms with Crippen molar-refractivity contribution in [2.24, 2.45) is 0 Å². The van der Waals surface area contributed by atoms with E-state index in [0.717, 1.165) is 22.6 Å². The van der Waals surface area contributed by atoms with Crippen molar-refractivity contribution < 1.29 is 23.6 Å². The number of anilines is 1. The van der Waals surface area contributed by atoms with Gasteiger partial charge in [0.05, 0.1) is 41.1 Å². The molecular formula is C27H31N3O5. The summed E-state index contributed by atoms with van der Waals surface area (Å²) in [6.45, 7) is 9.06. The third kappa shape index (κ3) is 6.08. The number of hydrogen-bond donors (Lipinski definition) is 1. The van der Waals surface area contributed by atoms with E-state index in [0.29, 0.717) is 36.7 Å². The molecule has 1 N–H and O–H groups in total. The number of hydrogen-bond acceptors (Lipinski definition) is 6. The predicted octanol–water partition coefficient (Wildman–Crippen LogP) is 4.30. The fourth-order valence-corrected chi connectivity index (χ4v) is 4.24. The zero-order valence-electron chi connectivity index (χ0n) is 20.5. The third-order valence-corrected chi connectivity index (χ3v) is 5.99. The van der Waals surface area contributed by atoms with Crippen LogP contribution in [0.4, 0.5) is 5.69 Å². The van der Waals surface area contributed by atoms with Crippen LogP contribution in [0.5, 0.6) is 5.75 Å². The van der Waals surface area contributed by atoms with Gasteiger partial charge in [-0.1, -0.05) is 29.4 Å². The molecule has 0 bridgehead atoms. The third-order valence-electron chi connectivity index (χ3n) is 5.99. The lowest BCUT2D eigenvalue weighted by molar-refractivity contribution is -0.115. The van der Waals surface area contributed by atoms with Gasteiger partial charge in [-0.25, -0.2) is 0 Å². The number of rotatable bonds is 7. The first-order chi connectivity index (χ1) is 16.8. The molecule has 184 valence electrons. The maximum atomic E-state index is 13.2. The van der Waals surface area contributed by atoms with Gasteiger partial charge in [0.2, 0.25) is 5.91 Å². The number of carbonyl (C=O) groups is 2. The Balaban J connectivity index is 1.36. The summed E-state index contributed by atoms with van der Waals surface area (Å²) in [4.78, 5) is 27.7. The maximum Gasteiger partial charge on any atom is 0.256 e. The number of aromatic nitrogens is 1. The van der Waals surface area contributed by atoms with Crippen LogP contribution in [0.2, 0.25) is 0 Å². The van der Waals surface area contributed by atoms with E-state index in [4.69, 9.17) is 14.0 Å². The first-order valence-corrected chi connectivity index (χ1v) is 11.8. The number of carbonyl (C=O) groups excluding carboxylic acids is 2. The zero-order chi connectivity index (χ0) is 24.9. The summed E-state index contributed by atoms with van der Waals surface area (Å²) >= 11 is 0. The van der Waals surface area contributed by atoms with Crippen LogP contribution in [0.25, 0.3) is 0 Å². The Morgan fingerprint density at radius 1 is 1.06 bits per heavy atom. The van der Waals surface area contributed by atoms with E-state index in [2.05, 4.69) is 10.5 Å². The summed E-state index contributed by atoms with van der Waals surface area (Å²) in [5.74, 6) is 1.13. The summed E-state index contributed by atoms with van der Waals surface area (Å²) in [6, 6.07) is 14.5. The SMILES string of the molecule is Cc1noc(C)c1COc1ccc(CC(=O)Nc2ccccc2C(=O)N2CC(C)OC(C)C2)cc1. The van der Waals surface area contributed by atoms with Crippen molar-refractivity contribution >= 4 is 17.5 Å². The second-order valence-corrected chi connectivity index (χ2v) is 8.97. The van der Waals surface area contributed by atoms with Gasteiger partial charge < -0.3 is 24.2 Å². The molecule has 35 heavy (non-hydrogen) atoms. The molecule has 1 aliphatic rings. The quantitative estimate of drug-likeness (QED) is 0.545. The van der Waals surface area contributed by atoms with Crippen molar-refractivity contribution in [3.8, 4) is 5.75 Å². The van der Waals surface area contributed by atoms with Crippen LogP contribution >= 0.6 is 0 Å². The van der Waals surface area contributed by atoms with Crippen LogP contribution in [0.15, 0.2) is 53.1 Å². The van der Waals surface area contributed by atoms with Crippen LogP contribution in [-0.2, 0) is 22.6 Å². The lowest BCUT2D eigenvalue weighted by Gasteiger charge is -2.35. The molecule has 8 nitrogen and oxygen atoms in total. The number of morpholine rings is 1. The lowest BCUT2D eigenvalue weighted by atomic mass is 10.1. The number of nitrogens with zero attached hydrogens (tertiary/aromatic N) is 2. The van der Waals surface area contributed by atoms with E-state index in [9.17, 15) is 9.59 Å². The molecule has 8 heteroatoms. The van der Waals surface area contributed by atoms with Gasteiger partial charge >= 0.3 is 0 Å². The molecular weight excluding hydrogens is 446 g/mol. The van der Waals surface area contributed by atoms with Crippen molar-refractivity contribution in [1.82, 2.24) is 10.1 Å². The molecule has 0 aliphatic carbocycles. The van der Waals surface area contributed by atoms with Gasteiger partial charge in [-0.15, -0.1) is 0 Å². The molecule has 2 heterocycles. The molecule has 1 saturated heterocycles. The van der Waals surface area contributed by atoms with Gasteiger partial charge in [0.1, 0.15) is 18.1 Å². The van der Waals surface area contributed by atoms with Gasteiger partial charge in [-0.3, -0.25) is 9.59 Å². The maximum absolute atomic E-state index is 13.2. The molecule has 4 rings (SSSR count). The molecule has 2 atom stereocenters. The first-order valence-electron chi connectivity index (χ1n) is 11.8. The molecule has 2 unspecified atom stereocenters. The summed E-state index contributed by atoms with van der Waals surface area (Å²) < 4.78 is 16.7. The van der Waals surface area contributed by atoms with Gasteiger partial charge in [0.25, 0.3) is 5.91 Å². The standard InChI is InChI=1S/C27H31N3O5/c1-17-14-30(15-18(2)34-17)27(32)23-7-5-6-8-25(23)28-26(31)13-21-9-11-22(12-10-21)33-16-24-19(3)29-35-20(24)4/h5-12,17-18H,13-16H2,1-4H3,(H,28,31). The molecule has 0 radical (unpaired) electrons. The molecule has 0 saturated carbocycles. The van der Waals surface area contributed by atoms with Crippen molar-refractivity contribution in [2.75, 3.05) is 18.4 Å². The highest BCUT2D eigenvalue weighted by Gasteiger charge is 2.28. The summed E-state index contributed by atoms with van der Waals surface area (Å²) in [6.07, 6.45) is 0.125. The van der Waals surface area contributed by atoms with E-state index in [1.165, 1.54) is 0 Å². The Hall–Kier alpha value is -3.65. The molecule has 2 aromatic carbocycles. The lowest BCUT2D eigenvalue weighted by Crippen LogP contribution is -2.48. The van der Waals surface area contributed by atoms with E-state index < -0.39 is 0 Å². The number of aryl methyl sites for hydroxylation is 2. The predicted molar refractivity (Wildman–Crippen MR) is 131 cm³/mol. The van der Waals surface area contributed by atoms with Crippen molar-refractivity contribution in [1.29, 1.82) is 0 Å². The van der Waals surface area contributed by atoms with Crippen LogP contribution in [0.1, 0.15) is 46.8 Å². The molecule has 1 aliphatic heterocycles. The first kappa shape index (κ1) is 24.5.